The predicted molar refractivity (Wildman–Crippen MR) is 49.6 cm³/mol. The van der Waals surface area contributed by atoms with Crippen LogP contribution >= 0.6 is 0 Å². The number of hydrogen-bond donors (Lipinski definition) is 0. The van der Waals surface area contributed by atoms with Crippen LogP contribution in [0, 0.1) is 0 Å². The Morgan fingerprint density at radius 3 is 2.54 bits per heavy atom. The molecule has 0 saturated carbocycles. The highest BCUT2D eigenvalue weighted by Crippen LogP contribution is 2.13. The number of carbonyl (C=O) groups is 1. The lowest BCUT2D eigenvalue weighted by molar-refractivity contribution is -0.116. The smallest absolute Gasteiger partial charge is 0.134 e. The largest absolute Gasteiger partial charge is 0.300 e. The van der Waals surface area contributed by atoms with Gasteiger partial charge in [0, 0.05) is 17.0 Å². The molecule has 1 rings (SSSR count). The molecule has 0 aliphatic heterocycles. The van der Waals surface area contributed by atoms with Gasteiger partial charge in [0.2, 0.25) is 0 Å². The summed E-state index contributed by atoms with van der Waals surface area (Å²) in [5.41, 5.74) is 9.64. The molecule has 0 amide bonds. The van der Waals surface area contributed by atoms with Crippen LogP contribution in [-0.2, 0) is 11.2 Å². The van der Waals surface area contributed by atoms with Crippen LogP contribution in [0.15, 0.2) is 29.4 Å². The molecule has 0 aromatic heterocycles. The highest BCUT2D eigenvalue weighted by molar-refractivity contribution is 5.78. The van der Waals surface area contributed by atoms with Crippen molar-refractivity contribution in [3.63, 3.8) is 0 Å². The molecule has 0 aliphatic carbocycles. The molecule has 0 bridgehead atoms. The van der Waals surface area contributed by atoms with Gasteiger partial charge in [-0.3, -0.25) is 4.79 Å². The Morgan fingerprint density at radius 1 is 1.46 bits per heavy atom. The summed E-state index contributed by atoms with van der Waals surface area (Å²) in [5, 5.41) is 3.42. The molecular weight excluding hydrogens is 166 g/mol. The average molecular weight is 175 g/mol. The zero-order valence-electron chi connectivity index (χ0n) is 7.27. The van der Waals surface area contributed by atoms with E-state index in [1.165, 1.54) is 0 Å². The monoisotopic (exact) mass is 175 g/mol. The second-order valence-electron chi connectivity index (χ2n) is 2.73. The normalized spacial score (nSPS) is 9.00. The molecule has 13 heavy (non-hydrogen) atoms. The SMILES string of the molecule is CC(=O)Cc1ccc(N=[N+]=[N-])cc1. The number of azide groups is 1. The molecule has 1 aromatic rings. The zero-order valence-corrected chi connectivity index (χ0v) is 7.27. The van der Waals surface area contributed by atoms with Gasteiger partial charge < -0.3 is 0 Å². The van der Waals surface area contributed by atoms with Crippen LogP contribution in [-0.4, -0.2) is 5.78 Å². The Kier molecular flexibility index (Phi) is 3.06. The van der Waals surface area contributed by atoms with Crippen LogP contribution in [0.4, 0.5) is 5.69 Å². The van der Waals surface area contributed by atoms with Crippen molar-refractivity contribution < 1.29 is 4.79 Å². The standard InChI is InChI=1S/C9H9N3O/c1-7(13)6-8-2-4-9(5-3-8)11-12-10/h2-5H,6H2,1H3. The summed E-state index contributed by atoms with van der Waals surface area (Å²) >= 11 is 0. The molecule has 4 heteroatoms. The van der Waals surface area contributed by atoms with Gasteiger partial charge in [-0.2, -0.15) is 0 Å². The number of hydrogen-bond acceptors (Lipinski definition) is 2. The molecule has 4 nitrogen and oxygen atoms in total. The Hall–Kier alpha value is -1.80. The first-order valence-electron chi connectivity index (χ1n) is 3.86. The van der Waals surface area contributed by atoms with Crippen LogP contribution in [0.3, 0.4) is 0 Å². The fraction of sp³-hybridized carbons (Fsp3) is 0.222. The summed E-state index contributed by atoms with van der Waals surface area (Å²) in [4.78, 5) is 13.4. The third-order valence-corrected chi connectivity index (χ3v) is 1.55. The summed E-state index contributed by atoms with van der Waals surface area (Å²) in [5.74, 6) is 0.122. The van der Waals surface area contributed by atoms with Crippen LogP contribution < -0.4 is 0 Å². The average Bonchev–Trinajstić information content (AvgIpc) is 2.08. The van der Waals surface area contributed by atoms with Gasteiger partial charge in [0.05, 0.1) is 0 Å². The number of Topliss-reactive ketones (excluding diaryl/α,β-unsaturated/α-hetero) is 1. The first kappa shape index (κ1) is 9.29. The van der Waals surface area contributed by atoms with Crippen molar-refractivity contribution in [2.24, 2.45) is 5.11 Å². The lowest BCUT2D eigenvalue weighted by Gasteiger charge is -1.96. The van der Waals surface area contributed by atoms with Gasteiger partial charge in [0.15, 0.2) is 0 Å². The Labute approximate surface area is 75.8 Å². The van der Waals surface area contributed by atoms with E-state index in [4.69, 9.17) is 5.53 Å². The van der Waals surface area contributed by atoms with E-state index >= 15 is 0 Å². The Bertz CT molecular complexity index is 350. The fourth-order valence-corrected chi connectivity index (χ4v) is 1.02. The maximum absolute atomic E-state index is 10.7. The molecule has 1 aromatic carbocycles. The van der Waals surface area contributed by atoms with Gasteiger partial charge in [-0.1, -0.05) is 29.4 Å². The fourth-order valence-electron chi connectivity index (χ4n) is 1.02. The molecular formula is C9H9N3O. The first-order chi connectivity index (χ1) is 6.22. The molecule has 0 radical (unpaired) electrons. The van der Waals surface area contributed by atoms with Crippen LogP contribution in [0.25, 0.3) is 10.4 Å². The van der Waals surface area contributed by atoms with Gasteiger partial charge in [-0.05, 0) is 18.0 Å². The van der Waals surface area contributed by atoms with Crippen molar-refractivity contribution in [2.45, 2.75) is 13.3 Å². The summed E-state index contributed by atoms with van der Waals surface area (Å²) in [7, 11) is 0. The van der Waals surface area contributed by atoms with Gasteiger partial charge in [-0.15, -0.1) is 0 Å². The minimum absolute atomic E-state index is 0.122. The second kappa shape index (κ2) is 4.28. The molecule has 0 aliphatic rings. The van der Waals surface area contributed by atoms with Crippen LogP contribution in [0.2, 0.25) is 0 Å². The second-order valence-corrected chi connectivity index (χ2v) is 2.73. The molecule has 0 heterocycles. The maximum atomic E-state index is 10.7. The topological polar surface area (TPSA) is 65.8 Å². The Balaban J connectivity index is 2.80. The molecule has 0 atom stereocenters. The summed E-state index contributed by atoms with van der Waals surface area (Å²) < 4.78 is 0. The lowest BCUT2D eigenvalue weighted by atomic mass is 10.1. The number of benzene rings is 1. The quantitative estimate of drug-likeness (QED) is 0.395. The van der Waals surface area contributed by atoms with Crippen molar-refractivity contribution in [3.05, 3.63) is 40.3 Å². The summed E-state index contributed by atoms with van der Waals surface area (Å²) in [6.45, 7) is 1.54. The van der Waals surface area contributed by atoms with Gasteiger partial charge in [0.25, 0.3) is 0 Å². The van der Waals surface area contributed by atoms with E-state index < -0.39 is 0 Å². The molecule has 0 spiro atoms. The van der Waals surface area contributed by atoms with E-state index in [1.807, 2.05) is 0 Å². The highest BCUT2D eigenvalue weighted by Gasteiger charge is 1.96. The lowest BCUT2D eigenvalue weighted by Crippen LogP contribution is -1.94. The minimum Gasteiger partial charge on any atom is -0.300 e. The Morgan fingerprint density at radius 2 is 2.08 bits per heavy atom. The zero-order chi connectivity index (χ0) is 9.68. The van der Waals surface area contributed by atoms with Crippen molar-refractivity contribution in [1.82, 2.24) is 0 Å². The van der Waals surface area contributed by atoms with Gasteiger partial charge >= 0.3 is 0 Å². The summed E-state index contributed by atoms with van der Waals surface area (Å²) in [6, 6.07) is 6.95. The number of carbonyl (C=O) groups excluding carboxylic acids is 1. The molecule has 66 valence electrons. The summed E-state index contributed by atoms with van der Waals surface area (Å²) in [6.07, 6.45) is 0.427. The van der Waals surface area contributed by atoms with Crippen LogP contribution in [0.1, 0.15) is 12.5 Å². The predicted octanol–water partition coefficient (Wildman–Crippen LogP) is 2.76. The van der Waals surface area contributed by atoms with E-state index in [0.717, 1.165) is 5.56 Å². The molecule has 0 fully saturated rings. The van der Waals surface area contributed by atoms with E-state index in [2.05, 4.69) is 10.0 Å². The van der Waals surface area contributed by atoms with Crippen molar-refractivity contribution >= 4 is 11.5 Å². The van der Waals surface area contributed by atoms with Gasteiger partial charge in [0.1, 0.15) is 5.78 Å². The number of rotatable bonds is 3. The number of nitrogens with zero attached hydrogens (tertiary/aromatic N) is 3. The number of ketones is 1. The van der Waals surface area contributed by atoms with Gasteiger partial charge in [-0.25, -0.2) is 0 Å². The van der Waals surface area contributed by atoms with E-state index in [-0.39, 0.29) is 5.78 Å². The molecule has 0 unspecified atom stereocenters. The van der Waals surface area contributed by atoms with E-state index in [0.29, 0.717) is 12.1 Å². The maximum Gasteiger partial charge on any atom is 0.134 e. The van der Waals surface area contributed by atoms with Crippen molar-refractivity contribution in [2.75, 3.05) is 0 Å². The molecule has 0 saturated heterocycles. The van der Waals surface area contributed by atoms with Crippen molar-refractivity contribution in [3.8, 4) is 0 Å². The van der Waals surface area contributed by atoms with E-state index in [9.17, 15) is 4.79 Å². The van der Waals surface area contributed by atoms with Crippen LogP contribution in [0.5, 0.6) is 0 Å². The third kappa shape index (κ3) is 2.97. The third-order valence-electron chi connectivity index (χ3n) is 1.55. The van der Waals surface area contributed by atoms with Crippen molar-refractivity contribution in [1.29, 1.82) is 0 Å². The molecule has 0 N–H and O–H groups in total. The highest BCUT2D eigenvalue weighted by atomic mass is 16.1. The van der Waals surface area contributed by atoms with E-state index in [1.54, 1.807) is 31.2 Å². The first-order valence-corrected chi connectivity index (χ1v) is 3.86. The minimum atomic E-state index is 0.122.